The lowest BCUT2D eigenvalue weighted by Crippen LogP contribution is -2.39. The Bertz CT molecular complexity index is 1050. The summed E-state index contributed by atoms with van der Waals surface area (Å²) >= 11 is 0. The molecule has 1 aromatic heterocycles. The standard InChI is InChI=1S/C25H40N6O4S/c1-4-31(5-2)17-10-18-36(33,34)29-22(16-15-20-11-7-6-8-12-20)24-27-23(30(3)28-24)19-35-25(32)26-21-13-9-14-21/h6-8,11-12,21-22,29H,4-5,9-10,13-19H2,1-3H3,(H,26,32)/t22-/m1/s1. The van der Waals surface area contributed by atoms with Crippen LogP contribution in [0.15, 0.2) is 30.3 Å². The molecule has 3 rings (SSSR count). The minimum atomic E-state index is -3.55. The summed E-state index contributed by atoms with van der Waals surface area (Å²) in [5, 5.41) is 7.29. The third-order valence-electron chi connectivity index (χ3n) is 6.61. The first kappa shape index (κ1) is 28.1. The molecular formula is C25H40N6O4S. The number of carbonyl (C=O) groups is 1. The fourth-order valence-electron chi connectivity index (χ4n) is 4.09. The van der Waals surface area contributed by atoms with Crippen molar-refractivity contribution in [3.63, 3.8) is 0 Å². The Morgan fingerprint density at radius 2 is 1.94 bits per heavy atom. The Kier molecular flexibility index (Phi) is 10.7. The van der Waals surface area contributed by atoms with Gasteiger partial charge in [0.1, 0.15) is 0 Å². The van der Waals surface area contributed by atoms with Gasteiger partial charge in [-0.25, -0.2) is 27.6 Å². The van der Waals surface area contributed by atoms with Crippen molar-refractivity contribution in [2.75, 3.05) is 25.4 Å². The highest BCUT2D eigenvalue weighted by molar-refractivity contribution is 7.89. The summed E-state index contributed by atoms with van der Waals surface area (Å²) in [4.78, 5) is 18.8. The van der Waals surface area contributed by atoms with E-state index in [-0.39, 0.29) is 18.4 Å². The number of hydrogen-bond acceptors (Lipinski definition) is 7. The number of alkyl carbamates (subject to hydrolysis) is 1. The van der Waals surface area contributed by atoms with E-state index in [9.17, 15) is 13.2 Å². The van der Waals surface area contributed by atoms with Gasteiger partial charge in [-0.3, -0.25) is 0 Å². The number of aryl methyl sites for hydroxylation is 2. The van der Waals surface area contributed by atoms with Crippen LogP contribution in [0.1, 0.15) is 69.2 Å². The molecule has 1 fully saturated rings. The van der Waals surface area contributed by atoms with E-state index in [2.05, 4.69) is 38.9 Å². The number of ether oxygens (including phenoxy) is 1. The van der Waals surface area contributed by atoms with E-state index in [1.54, 1.807) is 7.05 Å². The van der Waals surface area contributed by atoms with Crippen LogP contribution in [0.3, 0.4) is 0 Å². The van der Waals surface area contributed by atoms with Crippen LogP contribution in [-0.4, -0.2) is 65.6 Å². The maximum Gasteiger partial charge on any atom is 0.407 e. The second kappa shape index (κ2) is 13.7. The van der Waals surface area contributed by atoms with Crippen LogP contribution in [0.25, 0.3) is 0 Å². The molecule has 1 heterocycles. The molecule has 1 atom stereocenters. The predicted octanol–water partition coefficient (Wildman–Crippen LogP) is 2.92. The SMILES string of the molecule is CCN(CC)CCCS(=O)(=O)N[C@H](CCc1ccccc1)c1nc(COC(=O)NC2CCC2)n(C)n1. The van der Waals surface area contributed by atoms with E-state index in [0.29, 0.717) is 30.9 Å². The summed E-state index contributed by atoms with van der Waals surface area (Å²) < 4.78 is 35.6. The first-order valence-electron chi connectivity index (χ1n) is 12.9. The zero-order valence-corrected chi connectivity index (χ0v) is 22.5. The minimum Gasteiger partial charge on any atom is -0.441 e. The summed E-state index contributed by atoms with van der Waals surface area (Å²) in [5.74, 6) is 0.869. The molecule has 0 radical (unpaired) electrons. The van der Waals surface area contributed by atoms with E-state index < -0.39 is 22.2 Å². The quantitative estimate of drug-likeness (QED) is 0.371. The van der Waals surface area contributed by atoms with Gasteiger partial charge in [-0.15, -0.1) is 0 Å². The van der Waals surface area contributed by atoms with Crippen molar-refractivity contribution in [3.05, 3.63) is 47.5 Å². The zero-order chi connectivity index (χ0) is 26.0. The van der Waals surface area contributed by atoms with Gasteiger partial charge in [0.2, 0.25) is 10.0 Å². The van der Waals surface area contributed by atoms with Crippen molar-refractivity contribution >= 4 is 16.1 Å². The van der Waals surface area contributed by atoms with Crippen molar-refractivity contribution in [2.45, 2.75) is 71.1 Å². The number of rotatable bonds is 15. The largest absolute Gasteiger partial charge is 0.441 e. The van der Waals surface area contributed by atoms with E-state index in [4.69, 9.17) is 4.74 Å². The normalized spacial score (nSPS) is 15.0. The van der Waals surface area contributed by atoms with E-state index >= 15 is 0 Å². The van der Waals surface area contributed by atoms with Gasteiger partial charge in [0, 0.05) is 13.1 Å². The molecule has 0 spiro atoms. The number of nitrogens with one attached hydrogen (secondary N) is 2. The summed E-state index contributed by atoms with van der Waals surface area (Å²) in [5.41, 5.74) is 1.11. The lowest BCUT2D eigenvalue weighted by Gasteiger charge is -2.25. The van der Waals surface area contributed by atoms with Gasteiger partial charge in [-0.2, -0.15) is 5.10 Å². The number of benzene rings is 1. The molecule has 1 aliphatic carbocycles. The van der Waals surface area contributed by atoms with Crippen LogP contribution < -0.4 is 10.0 Å². The molecule has 0 unspecified atom stereocenters. The molecule has 1 aromatic carbocycles. The van der Waals surface area contributed by atoms with Crippen molar-refractivity contribution in [1.29, 1.82) is 0 Å². The molecule has 11 heteroatoms. The third-order valence-corrected chi connectivity index (χ3v) is 8.08. The maximum atomic E-state index is 13.0. The summed E-state index contributed by atoms with van der Waals surface area (Å²) in [6.45, 7) is 6.62. The van der Waals surface area contributed by atoms with Crippen LogP contribution >= 0.6 is 0 Å². The highest BCUT2D eigenvalue weighted by Crippen LogP contribution is 2.20. The Morgan fingerprint density at radius 3 is 2.58 bits per heavy atom. The molecule has 10 nitrogen and oxygen atoms in total. The molecule has 0 aliphatic heterocycles. The molecule has 0 saturated heterocycles. The van der Waals surface area contributed by atoms with Gasteiger partial charge in [0.15, 0.2) is 18.3 Å². The molecule has 36 heavy (non-hydrogen) atoms. The first-order chi connectivity index (χ1) is 17.3. The van der Waals surface area contributed by atoms with Crippen LogP contribution in [0.4, 0.5) is 4.79 Å². The number of nitrogens with zero attached hydrogens (tertiary/aromatic N) is 4. The molecule has 1 saturated carbocycles. The van der Waals surface area contributed by atoms with Crippen LogP contribution in [0.5, 0.6) is 0 Å². The Labute approximate surface area is 214 Å². The summed E-state index contributed by atoms with van der Waals surface area (Å²) in [7, 11) is -1.83. The van der Waals surface area contributed by atoms with Crippen LogP contribution in [-0.2, 0) is 34.8 Å². The highest BCUT2D eigenvalue weighted by Gasteiger charge is 2.25. The molecule has 1 aliphatic rings. The van der Waals surface area contributed by atoms with Gasteiger partial charge in [-0.05, 0) is 63.7 Å². The second-order valence-corrected chi connectivity index (χ2v) is 11.1. The van der Waals surface area contributed by atoms with Gasteiger partial charge in [0.25, 0.3) is 0 Å². The second-order valence-electron chi connectivity index (χ2n) is 9.25. The third kappa shape index (κ3) is 8.86. The average Bonchev–Trinajstić information content (AvgIpc) is 3.21. The van der Waals surface area contributed by atoms with Crippen molar-refractivity contribution in [1.82, 2.24) is 29.7 Å². The summed E-state index contributed by atoms with van der Waals surface area (Å²) in [6.07, 6.45) is 4.31. The van der Waals surface area contributed by atoms with Crippen molar-refractivity contribution in [2.24, 2.45) is 7.05 Å². The highest BCUT2D eigenvalue weighted by atomic mass is 32.2. The molecule has 2 aromatic rings. The van der Waals surface area contributed by atoms with Crippen LogP contribution in [0, 0.1) is 0 Å². The molecule has 2 N–H and O–H groups in total. The number of amides is 1. The van der Waals surface area contributed by atoms with E-state index in [0.717, 1.165) is 44.5 Å². The van der Waals surface area contributed by atoms with E-state index in [1.165, 1.54) is 4.68 Å². The Balaban J connectivity index is 1.66. The summed E-state index contributed by atoms with van der Waals surface area (Å²) in [6, 6.07) is 9.50. The Hall–Kier alpha value is -2.50. The maximum absolute atomic E-state index is 13.0. The molecular weight excluding hydrogens is 480 g/mol. The van der Waals surface area contributed by atoms with Crippen molar-refractivity contribution < 1.29 is 17.9 Å². The molecule has 200 valence electrons. The van der Waals surface area contributed by atoms with Gasteiger partial charge in [-0.1, -0.05) is 44.2 Å². The molecule has 1 amide bonds. The lowest BCUT2D eigenvalue weighted by atomic mass is 9.93. The number of carbonyl (C=O) groups excluding carboxylic acids is 1. The predicted molar refractivity (Wildman–Crippen MR) is 139 cm³/mol. The number of aromatic nitrogens is 3. The fraction of sp³-hybridized carbons (Fsp3) is 0.640. The lowest BCUT2D eigenvalue weighted by molar-refractivity contribution is 0.126. The topological polar surface area (TPSA) is 118 Å². The average molecular weight is 521 g/mol. The zero-order valence-electron chi connectivity index (χ0n) is 21.6. The Morgan fingerprint density at radius 1 is 1.22 bits per heavy atom. The van der Waals surface area contributed by atoms with Gasteiger partial charge in [0.05, 0.1) is 11.8 Å². The minimum absolute atomic E-state index is 0.0372. The van der Waals surface area contributed by atoms with Crippen molar-refractivity contribution in [3.8, 4) is 0 Å². The van der Waals surface area contributed by atoms with Gasteiger partial charge >= 0.3 is 6.09 Å². The van der Waals surface area contributed by atoms with Crippen LogP contribution in [0.2, 0.25) is 0 Å². The monoisotopic (exact) mass is 520 g/mol. The number of sulfonamides is 1. The smallest absolute Gasteiger partial charge is 0.407 e. The number of hydrogen-bond donors (Lipinski definition) is 2. The molecule has 0 bridgehead atoms. The fourth-order valence-corrected chi connectivity index (χ4v) is 5.38. The van der Waals surface area contributed by atoms with E-state index in [1.807, 2.05) is 30.3 Å². The van der Waals surface area contributed by atoms with Gasteiger partial charge < -0.3 is 15.0 Å². The first-order valence-corrected chi connectivity index (χ1v) is 14.5.